The van der Waals surface area contributed by atoms with E-state index in [4.69, 9.17) is 4.74 Å². The second kappa shape index (κ2) is 7.57. The Morgan fingerprint density at radius 2 is 1.70 bits per heavy atom. The standard InChI is InChI=1S/C20H19FN2O4/c1-3-27-17-10-4-14(5-11-17)18(24)12-22-19(25)13(2)23(20(22)26)16-8-6-15(21)7-9-16/h4-11,13H,3,12H2,1-2H3. The molecular formula is C20H19FN2O4. The van der Waals surface area contributed by atoms with Crippen LogP contribution in [0.2, 0.25) is 0 Å². The number of hydrogen-bond donors (Lipinski definition) is 0. The Morgan fingerprint density at radius 3 is 2.30 bits per heavy atom. The van der Waals surface area contributed by atoms with Crippen molar-refractivity contribution in [2.24, 2.45) is 0 Å². The summed E-state index contributed by atoms with van der Waals surface area (Å²) in [6.07, 6.45) is 0. The molecule has 1 aliphatic rings. The van der Waals surface area contributed by atoms with Gasteiger partial charge < -0.3 is 4.74 Å². The maximum atomic E-state index is 13.1. The van der Waals surface area contributed by atoms with E-state index in [1.54, 1.807) is 31.2 Å². The molecule has 1 heterocycles. The number of anilines is 1. The molecule has 1 fully saturated rings. The number of nitrogens with zero attached hydrogens (tertiary/aromatic N) is 2. The number of ketones is 1. The highest BCUT2D eigenvalue weighted by molar-refractivity contribution is 6.16. The van der Waals surface area contributed by atoms with Crippen LogP contribution in [0.4, 0.5) is 14.9 Å². The summed E-state index contributed by atoms with van der Waals surface area (Å²) in [5.41, 5.74) is 0.783. The zero-order valence-corrected chi connectivity index (χ0v) is 15.0. The fraction of sp³-hybridized carbons (Fsp3) is 0.250. The smallest absolute Gasteiger partial charge is 0.332 e. The van der Waals surface area contributed by atoms with E-state index in [1.807, 2.05) is 6.92 Å². The van der Waals surface area contributed by atoms with Crippen molar-refractivity contribution in [3.8, 4) is 5.75 Å². The molecular weight excluding hydrogens is 351 g/mol. The van der Waals surface area contributed by atoms with E-state index in [1.165, 1.54) is 29.2 Å². The number of rotatable bonds is 6. The lowest BCUT2D eigenvalue weighted by Crippen LogP contribution is -2.37. The molecule has 0 saturated carbocycles. The van der Waals surface area contributed by atoms with Gasteiger partial charge in [-0.3, -0.25) is 19.4 Å². The minimum atomic E-state index is -0.768. The van der Waals surface area contributed by atoms with Crippen molar-refractivity contribution in [1.29, 1.82) is 0 Å². The fourth-order valence-corrected chi connectivity index (χ4v) is 2.95. The summed E-state index contributed by atoms with van der Waals surface area (Å²) < 4.78 is 18.5. The predicted molar refractivity (Wildman–Crippen MR) is 97.4 cm³/mol. The van der Waals surface area contributed by atoms with Gasteiger partial charge in [-0.05, 0) is 62.4 Å². The van der Waals surface area contributed by atoms with Gasteiger partial charge in [0.15, 0.2) is 5.78 Å². The van der Waals surface area contributed by atoms with E-state index in [0.717, 1.165) is 4.90 Å². The van der Waals surface area contributed by atoms with Crippen molar-refractivity contribution in [1.82, 2.24) is 4.90 Å². The van der Waals surface area contributed by atoms with Crippen LogP contribution < -0.4 is 9.64 Å². The number of amides is 3. The Balaban J connectivity index is 1.76. The van der Waals surface area contributed by atoms with Gasteiger partial charge in [-0.2, -0.15) is 0 Å². The normalized spacial score (nSPS) is 16.8. The van der Waals surface area contributed by atoms with Crippen LogP contribution in [0.1, 0.15) is 24.2 Å². The van der Waals surface area contributed by atoms with Crippen molar-refractivity contribution in [2.75, 3.05) is 18.1 Å². The van der Waals surface area contributed by atoms with E-state index in [2.05, 4.69) is 0 Å². The lowest BCUT2D eigenvalue weighted by atomic mass is 10.1. The second-order valence-electron chi connectivity index (χ2n) is 6.11. The molecule has 140 valence electrons. The summed E-state index contributed by atoms with van der Waals surface area (Å²) in [4.78, 5) is 39.9. The van der Waals surface area contributed by atoms with Crippen molar-refractivity contribution in [2.45, 2.75) is 19.9 Å². The molecule has 1 atom stereocenters. The first kappa shape index (κ1) is 18.6. The van der Waals surface area contributed by atoms with Crippen LogP contribution in [0.15, 0.2) is 48.5 Å². The summed E-state index contributed by atoms with van der Waals surface area (Å²) in [7, 11) is 0. The van der Waals surface area contributed by atoms with Gasteiger partial charge >= 0.3 is 6.03 Å². The maximum absolute atomic E-state index is 13.1. The molecule has 0 aliphatic carbocycles. The molecule has 2 aromatic rings. The molecule has 0 spiro atoms. The monoisotopic (exact) mass is 370 g/mol. The van der Waals surface area contributed by atoms with Gasteiger partial charge in [-0.1, -0.05) is 0 Å². The highest BCUT2D eigenvalue weighted by Gasteiger charge is 2.44. The summed E-state index contributed by atoms with van der Waals surface area (Å²) >= 11 is 0. The lowest BCUT2D eigenvalue weighted by Gasteiger charge is -2.19. The van der Waals surface area contributed by atoms with Crippen LogP contribution in [0.5, 0.6) is 5.75 Å². The summed E-state index contributed by atoms with van der Waals surface area (Å²) in [5, 5.41) is 0. The molecule has 3 amide bonds. The predicted octanol–water partition coefficient (Wildman–Crippen LogP) is 3.26. The molecule has 0 N–H and O–H groups in total. The maximum Gasteiger partial charge on any atom is 0.332 e. The first-order chi connectivity index (χ1) is 12.9. The molecule has 1 aliphatic heterocycles. The largest absolute Gasteiger partial charge is 0.494 e. The van der Waals surface area contributed by atoms with Crippen molar-refractivity contribution in [3.63, 3.8) is 0 Å². The van der Waals surface area contributed by atoms with Crippen molar-refractivity contribution < 1.29 is 23.5 Å². The number of ether oxygens (including phenoxy) is 1. The summed E-state index contributed by atoms with van der Waals surface area (Å²) in [5.74, 6) is -0.623. The molecule has 0 radical (unpaired) electrons. The van der Waals surface area contributed by atoms with Crippen molar-refractivity contribution in [3.05, 3.63) is 59.9 Å². The zero-order valence-electron chi connectivity index (χ0n) is 15.0. The van der Waals surface area contributed by atoms with Gasteiger partial charge in [-0.25, -0.2) is 9.18 Å². The third-order valence-electron chi connectivity index (χ3n) is 4.34. The number of carbonyl (C=O) groups is 3. The molecule has 6 nitrogen and oxygen atoms in total. The number of benzene rings is 2. The van der Waals surface area contributed by atoms with Crippen molar-refractivity contribution >= 4 is 23.4 Å². The SMILES string of the molecule is CCOc1ccc(C(=O)CN2C(=O)C(C)N(c3ccc(F)cc3)C2=O)cc1. The van der Waals surface area contributed by atoms with Crippen LogP contribution in [0.3, 0.4) is 0 Å². The van der Waals surface area contributed by atoms with Gasteiger partial charge in [0.1, 0.15) is 17.6 Å². The Kier molecular flexibility index (Phi) is 5.21. The van der Waals surface area contributed by atoms with Gasteiger partial charge in [-0.15, -0.1) is 0 Å². The number of hydrogen-bond acceptors (Lipinski definition) is 4. The minimum Gasteiger partial charge on any atom is -0.494 e. The fourth-order valence-electron chi connectivity index (χ4n) is 2.95. The van der Waals surface area contributed by atoms with E-state index < -0.39 is 23.8 Å². The molecule has 0 aromatic heterocycles. The van der Waals surface area contributed by atoms with E-state index >= 15 is 0 Å². The van der Waals surface area contributed by atoms with Gasteiger partial charge in [0.2, 0.25) is 0 Å². The molecule has 3 rings (SSSR count). The van der Waals surface area contributed by atoms with Gasteiger partial charge in [0, 0.05) is 11.3 Å². The zero-order chi connectivity index (χ0) is 19.6. The lowest BCUT2D eigenvalue weighted by molar-refractivity contribution is -0.126. The quantitative estimate of drug-likeness (QED) is 0.578. The van der Waals surface area contributed by atoms with E-state index in [9.17, 15) is 18.8 Å². The molecule has 7 heteroatoms. The highest BCUT2D eigenvalue weighted by atomic mass is 19.1. The molecule has 27 heavy (non-hydrogen) atoms. The molecule has 2 aromatic carbocycles. The minimum absolute atomic E-state index is 0.353. The number of carbonyl (C=O) groups excluding carboxylic acids is 3. The third-order valence-corrected chi connectivity index (χ3v) is 4.34. The number of halogens is 1. The average Bonchev–Trinajstić information content (AvgIpc) is 2.87. The molecule has 1 unspecified atom stereocenters. The average molecular weight is 370 g/mol. The van der Waals surface area contributed by atoms with E-state index in [-0.39, 0.29) is 12.3 Å². The van der Waals surface area contributed by atoms with Crippen LogP contribution in [-0.2, 0) is 4.79 Å². The number of imide groups is 1. The van der Waals surface area contributed by atoms with Crippen LogP contribution in [-0.4, -0.2) is 41.8 Å². The van der Waals surface area contributed by atoms with Crippen LogP contribution in [0.25, 0.3) is 0 Å². The van der Waals surface area contributed by atoms with E-state index in [0.29, 0.717) is 23.6 Å². The molecule has 1 saturated heterocycles. The second-order valence-corrected chi connectivity index (χ2v) is 6.11. The highest BCUT2D eigenvalue weighted by Crippen LogP contribution is 2.26. The Bertz CT molecular complexity index is 865. The van der Waals surface area contributed by atoms with Gasteiger partial charge in [0.05, 0.1) is 13.2 Å². The van der Waals surface area contributed by atoms with Crippen LogP contribution in [0, 0.1) is 5.82 Å². The molecule has 0 bridgehead atoms. The third kappa shape index (κ3) is 3.67. The van der Waals surface area contributed by atoms with Crippen LogP contribution >= 0.6 is 0 Å². The van der Waals surface area contributed by atoms with Gasteiger partial charge in [0.25, 0.3) is 5.91 Å². The summed E-state index contributed by atoms with van der Waals surface area (Å²) in [6, 6.07) is 10.4. The number of Topliss-reactive ketones (excluding diaryl/α,β-unsaturated/α-hetero) is 1. The Morgan fingerprint density at radius 1 is 1.07 bits per heavy atom. The Hall–Kier alpha value is -3.22. The topological polar surface area (TPSA) is 66.9 Å². The first-order valence-electron chi connectivity index (χ1n) is 8.58. The summed E-state index contributed by atoms with van der Waals surface area (Å²) in [6.45, 7) is 3.59. The Labute approximate surface area is 156 Å². The first-order valence-corrected chi connectivity index (χ1v) is 8.58. The number of urea groups is 1.